The summed E-state index contributed by atoms with van der Waals surface area (Å²) in [6.07, 6.45) is 8.01. The number of nitrogens with one attached hydrogen (secondary N) is 1. The molecule has 1 fully saturated rings. The van der Waals surface area contributed by atoms with Gasteiger partial charge in [-0.1, -0.05) is 13.8 Å². The molecule has 1 unspecified atom stereocenters. The molecule has 3 rings (SSSR count). The molecular formula is C15H23N5. The van der Waals surface area contributed by atoms with Gasteiger partial charge in [-0.2, -0.15) is 0 Å². The topological polar surface area (TPSA) is 89.3 Å². The third-order valence-corrected chi connectivity index (χ3v) is 4.82. The summed E-state index contributed by atoms with van der Waals surface area (Å²) in [6.45, 7) is 4.65. The smallest absolute Gasteiger partial charge is 0.140 e. The summed E-state index contributed by atoms with van der Waals surface area (Å²) in [5, 5.41) is 3.11. The summed E-state index contributed by atoms with van der Waals surface area (Å²) in [5.74, 6) is 0.850. The number of hydrogen-bond acceptors (Lipinski definition) is 5. The minimum absolute atomic E-state index is 0.356. The number of rotatable bonds is 1. The van der Waals surface area contributed by atoms with Gasteiger partial charge in [0.1, 0.15) is 11.5 Å². The van der Waals surface area contributed by atoms with Gasteiger partial charge in [0.05, 0.1) is 18.2 Å². The number of nitrogens with two attached hydrogens (primary N) is 2. The molecule has 5 heteroatoms. The van der Waals surface area contributed by atoms with E-state index in [4.69, 9.17) is 11.5 Å². The van der Waals surface area contributed by atoms with Crippen molar-refractivity contribution in [1.29, 1.82) is 0 Å². The Morgan fingerprint density at radius 3 is 2.70 bits per heavy atom. The van der Waals surface area contributed by atoms with Crippen LogP contribution in [0.2, 0.25) is 0 Å². The van der Waals surface area contributed by atoms with Gasteiger partial charge in [-0.05, 0) is 37.2 Å². The van der Waals surface area contributed by atoms with E-state index in [1.54, 1.807) is 12.5 Å². The molecule has 0 saturated heterocycles. The van der Waals surface area contributed by atoms with Crippen LogP contribution in [0.15, 0.2) is 17.3 Å². The number of fused-ring (bicyclic) bond motifs is 1. The van der Waals surface area contributed by atoms with Gasteiger partial charge >= 0.3 is 0 Å². The van der Waals surface area contributed by atoms with Crippen LogP contribution in [0.1, 0.15) is 45.1 Å². The molecule has 1 atom stereocenters. The number of aliphatic imine (C=N–C) groups is 1. The molecule has 20 heavy (non-hydrogen) atoms. The summed E-state index contributed by atoms with van der Waals surface area (Å²) in [5.41, 5.74) is 14.1. The van der Waals surface area contributed by atoms with E-state index in [1.807, 2.05) is 6.07 Å². The van der Waals surface area contributed by atoms with Gasteiger partial charge in [0, 0.05) is 11.5 Å². The highest BCUT2D eigenvalue weighted by Gasteiger charge is 2.42. The van der Waals surface area contributed by atoms with Crippen molar-refractivity contribution >= 4 is 17.8 Å². The molecule has 5 N–H and O–H groups in total. The van der Waals surface area contributed by atoms with Crippen molar-refractivity contribution in [2.75, 3.05) is 11.1 Å². The molecule has 108 valence electrons. The fraction of sp³-hybridized carbons (Fsp3) is 0.600. The van der Waals surface area contributed by atoms with Crippen LogP contribution in [0.5, 0.6) is 0 Å². The molecular weight excluding hydrogens is 250 g/mol. The van der Waals surface area contributed by atoms with E-state index in [0.29, 0.717) is 17.2 Å². The lowest BCUT2D eigenvalue weighted by Crippen LogP contribution is -2.47. The van der Waals surface area contributed by atoms with Gasteiger partial charge in [-0.25, -0.2) is 9.98 Å². The zero-order valence-electron chi connectivity index (χ0n) is 12.2. The molecule has 0 bridgehead atoms. The van der Waals surface area contributed by atoms with Crippen LogP contribution in [0.3, 0.4) is 0 Å². The Labute approximate surface area is 119 Å². The Morgan fingerprint density at radius 1 is 1.30 bits per heavy atom. The second-order valence-corrected chi connectivity index (χ2v) is 6.82. The number of aromatic nitrogens is 1. The maximum absolute atomic E-state index is 6.68. The zero-order valence-corrected chi connectivity index (χ0v) is 12.2. The van der Waals surface area contributed by atoms with E-state index >= 15 is 0 Å². The standard InChI is InChI=1S/C15H23N5/c1-14(2)5-3-10(4-6-14)15(17)11-7-13(16)18-8-12(11)19-9-20-15/h7-10H,3-6,17H2,1-2H3,(H2,16,18)(H,19,20). The molecule has 0 aromatic carbocycles. The predicted molar refractivity (Wildman–Crippen MR) is 82.4 cm³/mol. The Balaban J connectivity index is 1.94. The Bertz CT molecular complexity index is 541. The lowest BCUT2D eigenvalue weighted by molar-refractivity contribution is 0.132. The number of hydrogen-bond donors (Lipinski definition) is 3. The average Bonchev–Trinajstić information content (AvgIpc) is 2.39. The molecule has 2 aliphatic rings. The van der Waals surface area contributed by atoms with E-state index in [1.165, 1.54) is 12.8 Å². The van der Waals surface area contributed by atoms with Gasteiger partial charge in [-0.3, -0.25) is 0 Å². The highest BCUT2D eigenvalue weighted by molar-refractivity contribution is 5.81. The maximum Gasteiger partial charge on any atom is 0.140 e. The van der Waals surface area contributed by atoms with Gasteiger partial charge < -0.3 is 16.8 Å². The highest BCUT2D eigenvalue weighted by Crippen LogP contribution is 2.47. The van der Waals surface area contributed by atoms with E-state index in [-0.39, 0.29) is 0 Å². The minimum atomic E-state index is -0.672. The molecule has 0 amide bonds. The van der Waals surface area contributed by atoms with Crippen LogP contribution in [-0.2, 0) is 5.66 Å². The van der Waals surface area contributed by atoms with Crippen LogP contribution >= 0.6 is 0 Å². The molecule has 5 nitrogen and oxygen atoms in total. The van der Waals surface area contributed by atoms with Crippen molar-refractivity contribution in [2.45, 2.75) is 45.2 Å². The van der Waals surface area contributed by atoms with Crippen LogP contribution < -0.4 is 16.8 Å². The first-order chi connectivity index (χ1) is 9.41. The molecule has 1 aliphatic carbocycles. The fourth-order valence-electron chi connectivity index (χ4n) is 3.36. The fourth-order valence-corrected chi connectivity index (χ4v) is 3.36. The summed E-state index contributed by atoms with van der Waals surface area (Å²) < 4.78 is 0. The molecule has 0 spiro atoms. The van der Waals surface area contributed by atoms with E-state index in [9.17, 15) is 0 Å². The highest BCUT2D eigenvalue weighted by atomic mass is 15.1. The third-order valence-electron chi connectivity index (χ3n) is 4.82. The van der Waals surface area contributed by atoms with Crippen LogP contribution in [0.25, 0.3) is 0 Å². The second-order valence-electron chi connectivity index (χ2n) is 6.82. The van der Waals surface area contributed by atoms with Gasteiger partial charge in [0.25, 0.3) is 0 Å². The van der Waals surface area contributed by atoms with Crippen LogP contribution in [0.4, 0.5) is 11.5 Å². The summed E-state index contributed by atoms with van der Waals surface area (Å²) in [7, 11) is 0. The third kappa shape index (κ3) is 2.16. The first-order valence-corrected chi connectivity index (χ1v) is 7.26. The lowest BCUT2D eigenvalue weighted by atomic mass is 9.68. The summed E-state index contributed by atoms with van der Waals surface area (Å²) in [6, 6.07) is 1.86. The maximum atomic E-state index is 6.68. The summed E-state index contributed by atoms with van der Waals surface area (Å²) >= 11 is 0. The van der Waals surface area contributed by atoms with Crippen molar-refractivity contribution < 1.29 is 0 Å². The number of nitrogens with zero attached hydrogens (tertiary/aromatic N) is 2. The minimum Gasteiger partial charge on any atom is -0.384 e. The summed E-state index contributed by atoms with van der Waals surface area (Å²) in [4.78, 5) is 8.70. The van der Waals surface area contributed by atoms with Crippen molar-refractivity contribution in [3.63, 3.8) is 0 Å². The van der Waals surface area contributed by atoms with Crippen LogP contribution in [-0.4, -0.2) is 11.3 Å². The Kier molecular flexibility index (Phi) is 2.97. The molecule has 0 radical (unpaired) electrons. The van der Waals surface area contributed by atoms with Gasteiger partial charge in [-0.15, -0.1) is 0 Å². The predicted octanol–water partition coefficient (Wildman–Crippen LogP) is 2.45. The number of pyridine rings is 1. The van der Waals surface area contributed by atoms with Crippen molar-refractivity contribution in [2.24, 2.45) is 22.1 Å². The molecule has 1 aromatic rings. The van der Waals surface area contributed by atoms with Crippen molar-refractivity contribution in [3.05, 3.63) is 17.8 Å². The number of anilines is 2. The van der Waals surface area contributed by atoms with E-state index in [2.05, 4.69) is 29.1 Å². The lowest BCUT2D eigenvalue weighted by Gasteiger charge is -2.43. The molecule has 1 aliphatic heterocycles. The average molecular weight is 273 g/mol. The second kappa shape index (κ2) is 4.45. The zero-order chi connectivity index (χ0) is 14.4. The van der Waals surface area contributed by atoms with E-state index < -0.39 is 5.66 Å². The van der Waals surface area contributed by atoms with Crippen molar-refractivity contribution in [1.82, 2.24) is 4.98 Å². The monoisotopic (exact) mass is 273 g/mol. The molecule has 2 heterocycles. The first kappa shape index (κ1) is 13.4. The quantitative estimate of drug-likeness (QED) is 0.733. The van der Waals surface area contributed by atoms with Crippen LogP contribution in [0, 0.1) is 11.3 Å². The van der Waals surface area contributed by atoms with E-state index in [0.717, 1.165) is 24.1 Å². The van der Waals surface area contributed by atoms with Crippen molar-refractivity contribution in [3.8, 4) is 0 Å². The first-order valence-electron chi connectivity index (χ1n) is 7.26. The Hall–Kier alpha value is -1.62. The largest absolute Gasteiger partial charge is 0.384 e. The SMILES string of the molecule is CC1(C)CCC(C2(N)N=CNc3cnc(N)cc32)CC1. The van der Waals surface area contributed by atoms with Gasteiger partial charge in [0.15, 0.2) is 0 Å². The normalized spacial score (nSPS) is 28.8. The number of nitrogen functional groups attached to an aromatic ring is 1. The van der Waals surface area contributed by atoms with Gasteiger partial charge in [0.2, 0.25) is 0 Å². The molecule has 1 aromatic heterocycles. The molecule has 1 saturated carbocycles. The Morgan fingerprint density at radius 2 is 2.00 bits per heavy atom.